The summed E-state index contributed by atoms with van der Waals surface area (Å²) in [6, 6.07) is 4.08. The zero-order valence-electron chi connectivity index (χ0n) is 16.6. The van der Waals surface area contributed by atoms with E-state index >= 15 is 0 Å². The first-order valence-corrected chi connectivity index (χ1v) is 10.7. The lowest BCUT2D eigenvalue weighted by Gasteiger charge is -2.57. The second-order valence-corrected chi connectivity index (χ2v) is 9.17. The third-order valence-corrected chi connectivity index (χ3v) is 6.90. The first-order chi connectivity index (χ1) is 13.0. The van der Waals surface area contributed by atoms with Crippen LogP contribution in [0.1, 0.15) is 62.9 Å². The number of nitrogens with zero attached hydrogens (tertiary/aromatic N) is 3. The Bertz CT molecular complexity index is 662. The average Bonchev–Trinajstić information content (AvgIpc) is 2.67. The second-order valence-electron chi connectivity index (χ2n) is 9.17. The average molecular weight is 374 g/mol. The van der Waals surface area contributed by atoms with E-state index in [2.05, 4.69) is 23.7 Å². The predicted molar refractivity (Wildman–Crippen MR) is 104 cm³/mol. The number of carbonyl (C=O) groups excluding carboxylic acids is 1. The molecule has 1 amide bonds. The summed E-state index contributed by atoms with van der Waals surface area (Å²) in [5.41, 5.74) is 0.371. The van der Waals surface area contributed by atoms with Gasteiger partial charge in [-0.25, -0.2) is 9.37 Å². The third-order valence-electron chi connectivity index (χ3n) is 6.90. The van der Waals surface area contributed by atoms with Crippen molar-refractivity contribution in [3.05, 3.63) is 29.8 Å². The van der Waals surface area contributed by atoms with E-state index in [1.807, 2.05) is 4.90 Å². The maximum Gasteiger partial charge on any atom is 0.272 e. The van der Waals surface area contributed by atoms with Crippen molar-refractivity contribution in [1.29, 1.82) is 0 Å². The standard InChI is InChI=1S/C22H32FN3O/c1-15(2)6-9-21-17-11-16(20-5-3-4-10-26(20)21)13-25(14-17)22(27)19-8-7-18(23)12-24-19/h7-8,12,15-17,20-21H,3-6,9-11,13-14H2,1-2H3/t16-,17+,20+,21+/m1/s1. The number of hydrogen-bond acceptors (Lipinski definition) is 3. The van der Waals surface area contributed by atoms with Gasteiger partial charge in [0.1, 0.15) is 11.5 Å². The normalized spacial score (nSPS) is 31.0. The van der Waals surface area contributed by atoms with Crippen molar-refractivity contribution in [3.8, 4) is 0 Å². The van der Waals surface area contributed by atoms with Gasteiger partial charge in [-0.15, -0.1) is 0 Å². The molecule has 3 saturated heterocycles. The van der Waals surface area contributed by atoms with Crippen molar-refractivity contribution < 1.29 is 9.18 Å². The molecule has 4 heterocycles. The molecule has 0 aliphatic carbocycles. The van der Waals surface area contributed by atoms with E-state index in [0.29, 0.717) is 29.6 Å². The molecule has 0 spiro atoms. The number of carbonyl (C=O) groups is 1. The highest BCUT2D eigenvalue weighted by Crippen LogP contribution is 2.43. The molecule has 2 bridgehead atoms. The van der Waals surface area contributed by atoms with Crippen LogP contribution in [-0.2, 0) is 0 Å². The first-order valence-electron chi connectivity index (χ1n) is 10.7. The Morgan fingerprint density at radius 3 is 2.81 bits per heavy atom. The molecule has 148 valence electrons. The molecule has 0 aromatic carbocycles. The van der Waals surface area contributed by atoms with Gasteiger partial charge in [0.25, 0.3) is 5.91 Å². The Balaban J connectivity index is 1.53. The van der Waals surface area contributed by atoms with Gasteiger partial charge in [0.15, 0.2) is 0 Å². The molecule has 1 aromatic heterocycles. The molecular formula is C22H32FN3O. The van der Waals surface area contributed by atoms with Crippen LogP contribution in [-0.4, -0.2) is 52.4 Å². The van der Waals surface area contributed by atoms with E-state index in [1.54, 1.807) is 0 Å². The van der Waals surface area contributed by atoms with Crippen LogP contribution in [0.3, 0.4) is 0 Å². The molecule has 3 aliphatic rings. The summed E-state index contributed by atoms with van der Waals surface area (Å²) < 4.78 is 13.2. The Morgan fingerprint density at radius 2 is 2.07 bits per heavy atom. The van der Waals surface area contributed by atoms with Crippen LogP contribution in [0.15, 0.2) is 18.3 Å². The molecular weight excluding hydrogens is 341 g/mol. The number of halogens is 1. The molecule has 0 unspecified atom stereocenters. The van der Waals surface area contributed by atoms with Crippen LogP contribution in [0.4, 0.5) is 4.39 Å². The van der Waals surface area contributed by atoms with E-state index in [4.69, 9.17) is 0 Å². The number of likely N-dealkylation sites (tertiary alicyclic amines) is 1. The molecule has 4 nitrogen and oxygen atoms in total. The lowest BCUT2D eigenvalue weighted by molar-refractivity contribution is -0.0682. The van der Waals surface area contributed by atoms with Crippen molar-refractivity contribution >= 4 is 5.91 Å². The number of pyridine rings is 1. The highest BCUT2D eigenvalue weighted by atomic mass is 19.1. The fourth-order valence-electron chi connectivity index (χ4n) is 5.64. The smallest absolute Gasteiger partial charge is 0.272 e. The fraction of sp³-hybridized carbons (Fsp3) is 0.727. The SMILES string of the molecule is CC(C)CC[C@H]1[C@H]2C[C@H](CN(C(=O)c3ccc(F)cn3)C2)[C@@H]2CCCCN21. The maximum absolute atomic E-state index is 13.2. The van der Waals surface area contributed by atoms with E-state index < -0.39 is 5.82 Å². The van der Waals surface area contributed by atoms with E-state index in [0.717, 1.165) is 25.2 Å². The number of amides is 1. The number of piperidine rings is 3. The highest BCUT2D eigenvalue weighted by Gasteiger charge is 2.47. The monoisotopic (exact) mass is 373 g/mol. The minimum atomic E-state index is -0.395. The van der Waals surface area contributed by atoms with Crippen LogP contribution >= 0.6 is 0 Å². The minimum Gasteiger partial charge on any atom is -0.337 e. The van der Waals surface area contributed by atoms with Crippen molar-refractivity contribution in [3.63, 3.8) is 0 Å². The molecule has 0 N–H and O–H groups in total. The summed E-state index contributed by atoms with van der Waals surface area (Å²) in [5, 5.41) is 0. The summed E-state index contributed by atoms with van der Waals surface area (Å²) in [5.74, 6) is 1.42. The maximum atomic E-state index is 13.2. The van der Waals surface area contributed by atoms with Crippen LogP contribution in [0.5, 0.6) is 0 Å². The number of fused-ring (bicyclic) bond motifs is 4. The molecule has 27 heavy (non-hydrogen) atoms. The van der Waals surface area contributed by atoms with Gasteiger partial charge in [-0.05, 0) is 68.5 Å². The van der Waals surface area contributed by atoms with Crippen LogP contribution in [0.2, 0.25) is 0 Å². The quantitative estimate of drug-likeness (QED) is 0.801. The van der Waals surface area contributed by atoms with E-state index in [9.17, 15) is 9.18 Å². The van der Waals surface area contributed by atoms with Gasteiger partial charge in [0.2, 0.25) is 0 Å². The molecule has 0 radical (unpaired) electrons. The first kappa shape index (κ1) is 18.9. The van der Waals surface area contributed by atoms with Crippen molar-refractivity contribution in [2.45, 2.75) is 64.5 Å². The Labute approximate surface area is 162 Å². The topological polar surface area (TPSA) is 36.4 Å². The van der Waals surface area contributed by atoms with Gasteiger partial charge in [-0.3, -0.25) is 9.69 Å². The summed E-state index contributed by atoms with van der Waals surface area (Å²) in [6.45, 7) is 7.48. The summed E-state index contributed by atoms with van der Waals surface area (Å²) >= 11 is 0. The van der Waals surface area contributed by atoms with Gasteiger partial charge < -0.3 is 4.90 Å². The van der Waals surface area contributed by atoms with Gasteiger partial charge in [-0.1, -0.05) is 20.3 Å². The van der Waals surface area contributed by atoms with E-state index in [-0.39, 0.29) is 5.91 Å². The number of hydrogen-bond donors (Lipinski definition) is 0. The van der Waals surface area contributed by atoms with Crippen molar-refractivity contribution in [2.24, 2.45) is 17.8 Å². The summed E-state index contributed by atoms with van der Waals surface area (Å²) in [7, 11) is 0. The molecule has 3 fully saturated rings. The second kappa shape index (κ2) is 7.86. The van der Waals surface area contributed by atoms with Crippen molar-refractivity contribution in [2.75, 3.05) is 19.6 Å². The Morgan fingerprint density at radius 1 is 1.26 bits per heavy atom. The summed E-state index contributed by atoms with van der Waals surface area (Å²) in [6.07, 6.45) is 8.79. The van der Waals surface area contributed by atoms with Crippen LogP contribution < -0.4 is 0 Å². The van der Waals surface area contributed by atoms with Gasteiger partial charge in [0, 0.05) is 25.2 Å². The van der Waals surface area contributed by atoms with Gasteiger partial charge in [-0.2, -0.15) is 0 Å². The fourth-order valence-corrected chi connectivity index (χ4v) is 5.64. The zero-order valence-corrected chi connectivity index (χ0v) is 16.6. The molecule has 0 saturated carbocycles. The number of rotatable bonds is 4. The minimum absolute atomic E-state index is 0.0310. The molecule has 3 aliphatic heterocycles. The Kier molecular flexibility index (Phi) is 5.49. The lowest BCUT2D eigenvalue weighted by atomic mass is 9.71. The van der Waals surface area contributed by atoms with Gasteiger partial charge >= 0.3 is 0 Å². The van der Waals surface area contributed by atoms with Crippen LogP contribution in [0, 0.1) is 23.6 Å². The van der Waals surface area contributed by atoms with Crippen molar-refractivity contribution in [1.82, 2.24) is 14.8 Å². The molecule has 1 aromatic rings. The molecule has 5 heteroatoms. The Hall–Kier alpha value is -1.49. The van der Waals surface area contributed by atoms with E-state index in [1.165, 1.54) is 57.2 Å². The van der Waals surface area contributed by atoms with Gasteiger partial charge in [0.05, 0.1) is 6.20 Å². The molecule has 4 atom stereocenters. The predicted octanol–water partition coefficient (Wildman–Crippen LogP) is 3.97. The number of aromatic nitrogens is 1. The zero-order chi connectivity index (χ0) is 19.0. The largest absolute Gasteiger partial charge is 0.337 e. The third kappa shape index (κ3) is 3.89. The summed E-state index contributed by atoms with van der Waals surface area (Å²) in [4.78, 5) is 21.8. The molecule has 4 rings (SSSR count). The highest BCUT2D eigenvalue weighted by molar-refractivity contribution is 5.92. The lowest BCUT2D eigenvalue weighted by Crippen LogP contribution is -2.64. The van der Waals surface area contributed by atoms with Crippen LogP contribution in [0.25, 0.3) is 0 Å².